The molecule has 1 N–H and O–H groups in total. The predicted octanol–water partition coefficient (Wildman–Crippen LogP) is 6.78. The quantitative estimate of drug-likeness (QED) is 0.140. The minimum Gasteiger partial charge on any atom is -0.411 e. The summed E-state index contributed by atoms with van der Waals surface area (Å²) in [6.07, 6.45) is 13.8. The zero-order valence-corrected chi connectivity index (χ0v) is 17.5. The predicted molar refractivity (Wildman–Crippen MR) is 124 cm³/mol. The molecule has 1 heterocycles. The SMILES string of the molecule is CCCCCCn1ccc2cc3cc4c(c(C[C]=NO)c3c-2c1)-c1ccccc1C4. The van der Waals surface area contributed by atoms with Crippen molar-refractivity contribution in [1.29, 1.82) is 0 Å². The van der Waals surface area contributed by atoms with Gasteiger partial charge < -0.3 is 9.77 Å². The summed E-state index contributed by atoms with van der Waals surface area (Å²) in [5, 5.41) is 14.9. The summed E-state index contributed by atoms with van der Waals surface area (Å²) in [4.78, 5) is 0. The van der Waals surface area contributed by atoms with E-state index in [1.165, 1.54) is 75.4 Å². The molecule has 151 valence electrons. The van der Waals surface area contributed by atoms with Crippen LogP contribution in [0.3, 0.4) is 0 Å². The van der Waals surface area contributed by atoms with Crippen molar-refractivity contribution in [1.82, 2.24) is 4.57 Å². The van der Waals surface area contributed by atoms with Crippen LogP contribution in [0.5, 0.6) is 0 Å². The van der Waals surface area contributed by atoms with Crippen LogP contribution in [0.15, 0.2) is 60.0 Å². The van der Waals surface area contributed by atoms with Crippen molar-refractivity contribution in [2.24, 2.45) is 5.16 Å². The van der Waals surface area contributed by atoms with Gasteiger partial charge in [0, 0.05) is 30.9 Å². The third kappa shape index (κ3) is 3.19. The summed E-state index contributed by atoms with van der Waals surface area (Å²) < 4.78 is 2.33. The highest BCUT2D eigenvalue weighted by Gasteiger charge is 2.25. The van der Waals surface area contributed by atoms with E-state index in [1.54, 1.807) is 0 Å². The Labute approximate surface area is 178 Å². The molecule has 0 atom stereocenters. The minimum absolute atomic E-state index is 0.509. The monoisotopic (exact) mass is 395 g/mol. The van der Waals surface area contributed by atoms with Gasteiger partial charge in [0.05, 0.1) is 0 Å². The number of aryl methyl sites for hydroxylation is 1. The third-order valence-electron chi connectivity index (χ3n) is 6.44. The van der Waals surface area contributed by atoms with Crippen LogP contribution in [0.4, 0.5) is 0 Å². The Morgan fingerprint density at radius 3 is 2.80 bits per heavy atom. The Kier molecular flexibility index (Phi) is 5.04. The largest absolute Gasteiger partial charge is 0.411 e. The Bertz CT molecular complexity index is 1200. The van der Waals surface area contributed by atoms with E-state index >= 15 is 0 Å². The van der Waals surface area contributed by atoms with Crippen molar-refractivity contribution in [2.45, 2.75) is 52.0 Å². The number of aromatic nitrogens is 1. The molecule has 3 aliphatic rings. The molecule has 0 aromatic heterocycles. The van der Waals surface area contributed by atoms with E-state index in [4.69, 9.17) is 5.21 Å². The van der Waals surface area contributed by atoms with Crippen LogP contribution in [-0.4, -0.2) is 16.0 Å². The summed E-state index contributed by atoms with van der Waals surface area (Å²) in [5.41, 5.74) is 9.13. The van der Waals surface area contributed by atoms with Crippen LogP contribution in [0.25, 0.3) is 33.0 Å². The van der Waals surface area contributed by atoms with E-state index < -0.39 is 0 Å². The molecule has 1 radical (unpaired) electrons. The van der Waals surface area contributed by atoms with Gasteiger partial charge in [-0.25, -0.2) is 0 Å². The topological polar surface area (TPSA) is 37.5 Å². The van der Waals surface area contributed by atoms with E-state index in [-0.39, 0.29) is 0 Å². The van der Waals surface area contributed by atoms with Gasteiger partial charge in [-0.05, 0) is 69.1 Å². The Morgan fingerprint density at radius 2 is 1.93 bits per heavy atom. The zero-order chi connectivity index (χ0) is 20.5. The van der Waals surface area contributed by atoms with Crippen LogP contribution in [0, 0.1) is 0 Å². The molecule has 2 aromatic carbocycles. The number of fused-ring (bicyclic) bond motifs is 6. The molecule has 30 heavy (non-hydrogen) atoms. The van der Waals surface area contributed by atoms with Crippen LogP contribution >= 0.6 is 0 Å². The fourth-order valence-corrected chi connectivity index (χ4v) is 5.06. The Hall–Kier alpha value is -3.07. The van der Waals surface area contributed by atoms with E-state index in [0.29, 0.717) is 6.42 Å². The number of pyridine rings is 1. The molecule has 0 spiro atoms. The van der Waals surface area contributed by atoms with Crippen LogP contribution in [0.2, 0.25) is 0 Å². The zero-order valence-electron chi connectivity index (χ0n) is 17.5. The molecule has 2 aromatic rings. The minimum atomic E-state index is 0.509. The lowest BCUT2D eigenvalue weighted by atomic mass is 9.92. The highest BCUT2D eigenvalue weighted by Crippen LogP contribution is 2.46. The van der Waals surface area contributed by atoms with Gasteiger partial charge in [-0.1, -0.05) is 61.7 Å². The van der Waals surface area contributed by atoms with Crippen LogP contribution < -0.4 is 0 Å². The van der Waals surface area contributed by atoms with E-state index in [2.05, 4.69) is 77.7 Å². The van der Waals surface area contributed by atoms with Crippen LogP contribution in [-0.2, 0) is 19.4 Å². The highest BCUT2D eigenvalue weighted by molar-refractivity contribution is 6.09. The van der Waals surface area contributed by atoms with Crippen LogP contribution in [0.1, 0.15) is 49.3 Å². The number of hydrogen-bond acceptors (Lipinski definition) is 2. The molecule has 1 aliphatic heterocycles. The molecule has 0 fully saturated rings. The van der Waals surface area contributed by atoms with Crippen molar-refractivity contribution in [3.63, 3.8) is 0 Å². The van der Waals surface area contributed by atoms with Gasteiger partial charge >= 0.3 is 0 Å². The first-order chi connectivity index (χ1) is 14.8. The highest BCUT2D eigenvalue weighted by atomic mass is 16.4. The number of benzene rings is 2. The second-order valence-electron chi connectivity index (χ2n) is 8.38. The maximum Gasteiger partial charge on any atom is 0.109 e. The smallest absolute Gasteiger partial charge is 0.109 e. The fourth-order valence-electron chi connectivity index (χ4n) is 5.06. The first-order valence-electron chi connectivity index (χ1n) is 11.0. The van der Waals surface area contributed by atoms with Crippen molar-refractivity contribution in [2.75, 3.05) is 0 Å². The summed E-state index contributed by atoms with van der Waals surface area (Å²) in [6, 6.07) is 15.6. The van der Waals surface area contributed by atoms with Gasteiger partial charge in [0.15, 0.2) is 0 Å². The van der Waals surface area contributed by atoms with Gasteiger partial charge in [-0.15, -0.1) is 0 Å². The normalized spacial score (nSPS) is 12.8. The molecular formula is C27H27N2O. The molecule has 0 amide bonds. The second-order valence-corrected chi connectivity index (χ2v) is 8.38. The molecule has 3 nitrogen and oxygen atoms in total. The van der Waals surface area contributed by atoms with E-state index in [9.17, 15) is 0 Å². The van der Waals surface area contributed by atoms with E-state index in [1.807, 2.05) is 0 Å². The first kappa shape index (κ1) is 18.9. The van der Waals surface area contributed by atoms with Gasteiger partial charge in [-0.3, -0.25) is 0 Å². The standard InChI is InChI=1S/C27H27N2O/c1-2-3-4-7-13-29-14-11-20-16-22-17-21-15-19-8-5-6-9-23(19)26(21)24(10-12-28-30)27(22)25(20)18-29/h5-6,8-9,11,14,16-18,30H,2-4,7,10,13,15H2,1H3. The Morgan fingerprint density at radius 1 is 1.03 bits per heavy atom. The lowest BCUT2D eigenvalue weighted by Crippen LogP contribution is -2.00. The average Bonchev–Trinajstić information content (AvgIpc) is 3.32. The lowest BCUT2D eigenvalue weighted by molar-refractivity contribution is 0.321. The fraction of sp³-hybridized carbons (Fsp3) is 0.296. The van der Waals surface area contributed by atoms with Gasteiger partial charge in [0.2, 0.25) is 0 Å². The summed E-state index contributed by atoms with van der Waals surface area (Å²) in [6.45, 7) is 3.30. The maximum atomic E-state index is 9.10. The number of hydrogen-bond donors (Lipinski definition) is 1. The molecule has 0 saturated carbocycles. The van der Waals surface area contributed by atoms with Crippen molar-refractivity contribution < 1.29 is 5.21 Å². The summed E-state index contributed by atoms with van der Waals surface area (Å²) in [7, 11) is 0. The molecule has 3 heteroatoms. The van der Waals surface area contributed by atoms with Gasteiger partial charge in [0.25, 0.3) is 0 Å². The summed E-state index contributed by atoms with van der Waals surface area (Å²) >= 11 is 0. The number of rotatable bonds is 7. The molecule has 0 bridgehead atoms. The van der Waals surface area contributed by atoms with Crippen molar-refractivity contribution in [3.05, 3.63) is 71.5 Å². The Balaban J connectivity index is 1.67. The van der Waals surface area contributed by atoms with E-state index in [0.717, 1.165) is 13.0 Å². The number of nitrogens with zero attached hydrogens (tertiary/aromatic N) is 2. The van der Waals surface area contributed by atoms with Gasteiger partial charge in [-0.2, -0.15) is 0 Å². The molecule has 0 saturated heterocycles. The third-order valence-corrected chi connectivity index (χ3v) is 6.44. The second kappa shape index (κ2) is 7.98. The molecule has 2 aliphatic carbocycles. The molecule has 0 unspecified atom stereocenters. The van der Waals surface area contributed by atoms with Crippen molar-refractivity contribution in [3.8, 4) is 22.3 Å². The number of unbranched alkanes of at least 4 members (excludes halogenated alkanes) is 3. The first-order valence-corrected chi connectivity index (χ1v) is 11.0. The van der Waals surface area contributed by atoms with Crippen molar-refractivity contribution >= 4 is 17.0 Å². The maximum absolute atomic E-state index is 9.10. The molecule has 5 rings (SSSR count). The molecular weight excluding hydrogens is 368 g/mol. The lowest BCUT2D eigenvalue weighted by Gasteiger charge is -2.13. The van der Waals surface area contributed by atoms with Gasteiger partial charge in [0.1, 0.15) is 6.21 Å². The summed E-state index contributed by atoms with van der Waals surface area (Å²) in [5.74, 6) is 0. The average molecular weight is 396 g/mol.